The van der Waals surface area contributed by atoms with Gasteiger partial charge in [0.05, 0.1) is 12.7 Å². The fourth-order valence-corrected chi connectivity index (χ4v) is 2.27. The summed E-state index contributed by atoms with van der Waals surface area (Å²) >= 11 is 0. The highest BCUT2D eigenvalue weighted by Gasteiger charge is 2.14. The van der Waals surface area contributed by atoms with Crippen LogP contribution in [0.25, 0.3) is 5.65 Å². The van der Waals surface area contributed by atoms with Crippen LogP contribution >= 0.6 is 0 Å². The second kappa shape index (κ2) is 10.1. The number of carbonyl (C=O) groups is 1. The smallest absolute Gasteiger partial charge is 0.256 e. The van der Waals surface area contributed by atoms with Crippen LogP contribution < -0.4 is 15.4 Å². The van der Waals surface area contributed by atoms with Crippen molar-refractivity contribution in [3.63, 3.8) is 0 Å². The Morgan fingerprint density at radius 1 is 1.22 bits per heavy atom. The predicted octanol–water partition coefficient (Wildman–Crippen LogP) is 3.14. The number of rotatable bonds is 7. The Kier molecular flexibility index (Phi) is 7.54. The Balaban J connectivity index is 0.00000126. The number of benzene rings is 1. The van der Waals surface area contributed by atoms with Crippen LogP contribution in [0.5, 0.6) is 5.75 Å². The van der Waals surface area contributed by atoms with Crippen molar-refractivity contribution < 1.29 is 13.9 Å². The maximum atomic E-state index is 12.8. The third-order valence-corrected chi connectivity index (χ3v) is 3.44. The number of nitrogens with one attached hydrogen (secondary N) is 2. The van der Waals surface area contributed by atoms with Gasteiger partial charge < -0.3 is 15.4 Å². The van der Waals surface area contributed by atoms with Crippen LogP contribution in [-0.2, 0) is 0 Å². The lowest BCUT2D eigenvalue weighted by Gasteiger charge is -2.07. The van der Waals surface area contributed by atoms with Crippen molar-refractivity contribution >= 4 is 17.4 Å². The number of halogens is 1. The van der Waals surface area contributed by atoms with Gasteiger partial charge in [0.25, 0.3) is 5.91 Å². The summed E-state index contributed by atoms with van der Waals surface area (Å²) in [6, 6.07) is 7.51. The molecule has 0 bridgehead atoms. The summed E-state index contributed by atoms with van der Waals surface area (Å²) in [6.07, 6.45) is 3.23. The average Bonchev–Trinajstić information content (AvgIpc) is 3.12. The van der Waals surface area contributed by atoms with E-state index in [0.29, 0.717) is 29.3 Å². The molecule has 0 saturated heterocycles. The van der Waals surface area contributed by atoms with E-state index in [1.807, 2.05) is 20.8 Å². The van der Waals surface area contributed by atoms with Crippen LogP contribution in [0.15, 0.2) is 42.7 Å². The first-order valence-electron chi connectivity index (χ1n) is 8.92. The summed E-state index contributed by atoms with van der Waals surface area (Å²) in [5, 5.41) is 9.98. The SMILES string of the molecule is CC.CCNc1ccn2ncc(C(=O)NCCOc3ccc(F)cc3)c2n1. The molecule has 27 heavy (non-hydrogen) atoms. The van der Waals surface area contributed by atoms with E-state index in [1.165, 1.54) is 30.5 Å². The van der Waals surface area contributed by atoms with Crippen molar-refractivity contribution in [2.75, 3.05) is 25.0 Å². The highest BCUT2D eigenvalue weighted by molar-refractivity contribution is 5.99. The molecule has 2 N–H and O–H groups in total. The summed E-state index contributed by atoms with van der Waals surface area (Å²) in [5.74, 6) is 0.629. The number of carbonyl (C=O) groups excluding carboxylic acids is 1. The van der Waals surface area contributed by atoms with E-state index >= 15 is 0 Å². The molecule has 0 aliphatic carbocycles. The first-order chi connectivity index (χ1) is 13.2. The molecule has 0 atom stereocenters. The molecule has 0 aliphatic rings. The first-order valence-corrected chi connectivity index (χ1v) is 8.92. The maximum Gasteiger partial charge on any atom is 0.256 e. The molecule has 0 radical (unpaired) electrons. The Labute approximate surface area is 157 Å². The van der Waals surface area contributed by atoms with Crippen LogP contribution in [0, 0.1) is 5.82 Å². The number of ether oxygens (including phenoxy) is 1. The van der Waals surface area contributed by atoms with Crippen molar-refractivity contribution in [3.8, 4) is 5.75 Å². The zero-order valence-electron chi connectivity index (χ0n) is 15.7. The lowest BCUT2D eigenvalue weighted by Crippen LogP contribution is -2.28. The first kappa shape index (κ1) is 20.2. The molecule has 8 heteroatoms. The normalized spacial score (nSPS) is 10.1. The summed E-state index contributed by atoms with van der Waals surface area (Å²) in [7, 11) is 0. The molecule has 1 amide bonds. The number of nitrogens with zero attached hydrogens (tertiary/aromatic N) is 3. The molecule has 3 rings (SSSR count). The van der Waals surface area contributed by atoms with Crippen LogP contribution in [0.3, 0.4) is 0 Å². The van der Waals surface area contributed by atoms with Gasteiger partial charge in [-0.15, -0.1) is 0 Å². The fraction of sp³-hybridized carbons (Fsp3) is 0.316. The third-order valence-electron chi connectivity index (χ3n) is 3.44. The van der Waals surface area contributed by atoms with Crippen molar-refractivity contribution in [1.82, 2.24) is 19.9 Å². The topological polar surface area (TPSA) is 80.5 Å². The number of hydrogen-bond donors (Lipinski definition) is 2. The van der Waals surface area contributed by atoms with Crippen LogP contribution in [0.1, 0.15) is 31.1 Å². The number of fused-ring (bicyclic) bond motifs is 1. The Morgan fingerprint density at radius 2 is 1.96 bits per heavy atom. The van der Waals surface area contributed by atoms with E-state index in [4.69, 9.17) is 4.74 Å². The summed E-state index contributed by atoms with van der Waals surface area (Å²) < 4.78 is 19.8. The second-order valence-electron chi connectivity index (χ2n) is 5.23. The minimum atomic E-state index is -0.321. The van der Waals surface area contributed by atoms with Crippen molar-refractivity contribution in [1.29, 1.82) is 0 Å². The quantitative estimate of drug-likeness (QED) is 0.622. The van der Waals surface area contributed by atoms with Crippen LogP contribution in [-0.4, -0.2) is 40.2 Å². The van der Waals surface area contributed by atoms with E-state index in [1.54, 1.807) is 16.8 Å². The molecule has 0 spiro atoms. The Hall–Kier alpha value is -3.16. The van der Waals surface area contributed by atoms with Gasteiger partial charge in [0, 0.05) is 12.7 Å². The minimum absolute atomic E-state index is 0.270. The molecule has 7 nitrogen and oxygen atoms in total. The average molecular weight is 373 g/mol. The van der Waals surface area contributed by atoms with E-state index < -0.39 is 0 Å². The highest BCUT2D eigenvalue weighted by Crippen LogP contribution is 2.12. The molecule has 0 saturated carbocycles. The van der Waals surface area contributed by atoms with Crippen molar-refractivity contribution in [3.05, 3.63) is 54.1 Å². The van der Waals surface area contributed by atoms with Gasteiger partial charge in [-0.25, -0.2) is 13.9 Å². The van der Waals surface area contributed by atoms with E-state index in [9.17, 15) is 9.18 Å². The molecule has 0 unspecified atom stereocenters. The Morgan fingerprint density at radius 3 is 2.67 bits per heavy atom. The molecule has 2 heterocycles. The zero-order chi connectivity index (χ0) is 19.6. The molecule has 144 valence electrons. The number of hydrogen-bond acceptors (Lipinski definition) is 5. The molecule has 0 fully saturated rings. The van der Waals surface area contributed by atoms with Gasteiger partial charge in [-0.2, -0.15) is 5.10 Å². The van der Waals surface area contributed by atoms with Gasteiger partial charge in [-0.05, 0) is 37.3 Å². The molecule has 0 aliphatic heterocycles. The van der Waals surface area contributed by atoms with E-state index in [-0.39, 0.29) is 18.3 Å². The standard InChI is InChI=1S/C17H18FN5O2.C2H6/c1-2-19-15-7-9-23-16(22-15)14(11-21-23)17(24)20-8-10-25-13-5-3-12(18)4-6-13;1-2/h3-7,9,11H,2,8,10H2,1H3,(H,19,22)(H,20,24);1-2H3. The molecular weight excluding hydrogens is 349 g/mol. The Bertz CT molecular complexity index is 864. The van der Waals surface area contributed by atoms with Gasteiger partial charge in [0.2, 0.25) is 0 Å². The molecule has 2 aromatic heterocycles. The summed E-state index contributed by atoms with van der Waals surface area (Å²) in [5.41, 5.74) is 0.872. The van der Waals surface area contributed by atoms with E-state index in [2.05, 4.69) is 20.7 Å². The minimum Gasteiger partial charge on any atom is -0.492 e. The van der Waals surface area contributed by atoms with Crippen LogP contribution in [0.2, 0.25) is 0 Å². The second-order valence-corrected chi connectivity index (χ2v) is 5.23. The summed E-state index contributed by atoms with van der Waals surface area (Å²) in [6.45, 7) is 7.28. The monoisotopic (exact) mass is 373 g/mol. The van der Waals surface area contributed by atoms with E-state index in [0.717, 1.165) is 6.54 Å². The van der Waals surface area contributed by atoms with Crippen LogP contribution in [0.4, 0.5) is 10.2 Å². The molecular formula is C19H24FN5O2. The zero-order valence-corrected chi connectivity index (χ0v) is 15.7. The summed E-state index contributed by atoms with van der Waals surface area (Å²) in [4.78, 5) is 16.7. The number of aromatic nitrogens is 3. The van der Waals surface area contributed by atoms with Gasteiger partial charge in [0.15, 0.2) is 5.65 Å². The molecule has 3 aromatic rings. The highest BCUT2D eigenvalue weighted by atomic mass is 19.1. The maximum absolute atomic E-state index is 12.8. The largest absolute Gasteiger partial charge is 0.492 e. The van der Waals surface area contributed by atoms with Gasteiger partial charge >= 0.3 is 0 Å². The van der Waals surface area contributed by atoms with Gasteiger partial charge in [-0.1, -0.05) is 13.8 Å². The lowest BCUT2D eigenvalue weighted by molar-refractivity contribution is 0.0948. The van der Waals surface area contributed by atoms with Gasteiger partial charge in [0.1, 0.15) is 29.6 Å². The van der Waals surface area contributed by atoms with Crippen molar-refractivity contribution in [2.24, 2.45) is 0 Å². The third kappa shape index (κ3) is 5.40. The molecule has 1 aromatic carbocycles. The lowest BCUT2D eigenvalue weighted by atomic mass is 10.3. The van der Waals surface area contributed by atoms with Crippen molar-refractivity contribution in [2.45, 2.75) is 20.8 Å². The number of amides is 1. The fourth-order valence-electron chi connectivity index (χ4n) is 2.27. The number of anilines is 1. The predicted molar refractivity (Wildman–Crippen MR) is 103 cm³/mol. The van der Waals surface area contributed by atoms with Gasteiger partial charge in [-0.3, -0.25) is 4.79 Å².